The van der Waals surface area contributed by atoms with E-state index in [1.165, 1.54) is 0 Å². The molecule has 0 spiro atoms. The Kier molecular flexibility index (Phi) is 3.56. The fourth-order valence-electron chi connectivity index (χ4n) is 5.57. The van der Waals surface area contributed by atoms with E-state index >= 15 is 0 Å². The van der Waals surface area contributed by atoms with Crippen molar-refractivity contribution in [1.82, 2.24) is 19.5 Å². The molecule has 3 heterocycles. The molecule has 0 saturated heterocycles. The van der Waals surface area contributed by atoms with E-state index < -0.39 is 78.2 Å². The highest BCUT2D eigenvalue weighted by molar-refractivity contribution is 7.26. The average Bonchev–Trinajstić information content (AvgIpc) is 3.77. The summed E-state index contributed by atoms with van der Waals surface area (Å²) in [6.45, 7) is 0. The summed E-state index contributed by atoms with van der Waals surface area (Å²) in [6.07, 6.45) is 0. The number of hydrogen-bond donors (Lipinski definition) is 0. The van der Waals surface area contributed by atoms with Crippen LogP contribution in [0.25, 0.3) is 81.8 Å². The number of aromatic nitrogens is 4. The highest BCUT2D eigenvalue weighted by Gasteiger charge is 2.20. The van der Waals surface area contributed by atoms with E-state index in [-0.39, 0.29) is 44.8 Å². The summed E-state index contributed by atoms with van der Waals surface area (Å²) in [5.41, 5.74) is 0.00414. The molecule has 5 heteroatoms. The first-order valence-electron chi connectivity index (χ1n) is 19.7. The number of fused-ring (bicyclic) bond motifs is 6. The Balaban J connectivity index is 1.49. The van der Waals surface area contributed by atoms with Crippen molar-refractivity contribution in [3.63, 3.8) is 0 Å². The van der Waals surface area contributed by atoms with Crippen LogP contribution in [0.5, 0.6) is 0 Å². The highest BCUT2D eigenvalue weighted by Crippen LogP contribution is 2.41. The minimum absolute atomic E-state index is 0.124. The van der Waals surface area contributed by atoms with Crippen molar-refractivity contribution in [2.45, 2.75) is 0 Å². The zero-order valence-corrected chi connectivity index (χ0v) is 23.4. The van der Waals surface area contributed by atoms with E-state index in [1.807, 2.05) is 48.5 Å². The maximum Gasteiger partial charge on any atom is 0.165 e. The van der Waals surface area contributed by atoms with Gasteiger partial charge in [0, 0.05) is 53.3 Å². The fraction of sp³-hybridized carbons (Fsp3) is 0. The molecule has 4 nitrogen and oxygen atoms in total. The Morgan fingerprint density at radius 3 is 2.11 bits per heavy atom. The summed E-state index contributed by atoms with van der Waals surface area (Å²) in [7, 11) is 0. The summed E-state index contributed by atoms with van der Waals surface area (Å²) in [5, 5.41) is 1.69. The molecule has 0 aliphatic rings. The maximum absolute atomic E-state index is 9.33. The normalized spacial score (nSPS) is 15.5. The van der Waals surface area contributed by atoms with Crippen molar-refractivity contribution in [3.05, 3.63) is 145 Å². The second-order valence-electron chi connectivity index (χ2n) is 9.96. The Labute approximate surface area is 274 Å². The first-order chi connectivity index (χ1) is 26.8. The third kappa shape index (κ3) is 3.87. The molecule has 0 saturated carbocycles. The van der Waals surface area contributed by atoms with Gasteiger partial charge < -0.3 is 4.57 Å². The number of para-hydroxylation sites is 2. The maximum atomic E-state index is 9.33. The average molecular weight is 593 g/mol. The quantitative estimate of drug-likeness (QED) is 0.204. The fourth-order valence-corrected chi connectivity index (χ4v) is 6.78. The summed E-state index contributed by atoms with van der Waals surface area (Å²) in [4.78, 5) is 14.6. The van der Waals surface area contributed by atoms with E-state index in [4.69, 9.17) is 28.7 Å². The van der Waals surface area contributed by atoms with Crippen molar-refractivity contribution in [2.24, 2.45) is 0 Å². The lowest BCUT2D eigenvalue weighted by atomic mass is 10.0. The van der Waals surface area contributed by atoms with E-state index in [0.717, 1.165) is 24.7 Å². The van der Waals surface area contributed by atoms with Gasteiger partial charge in [0.15, 0.2) is 17.5 Å². The molecule has 9 rings (SSSR count). The predicted octanol–water partition coefficient (Wildman–Crippen LogP) is 10.3. The molecule has 0 fully saturated rings. The van der Waals surface area contributed by atoms with E-state index in [2.05, 4.69) is 0 Å². The van der Waals surface area contributed by atoms with Crippen LogP contribution >= 0.6 is 11.3 Å². The van der Waals surface area contributed by atoms with Crippen molar-refractivity contribution in [2.75, 3.05) is 0 Å². The van der Waals surface area contributed by atoms with Gasteiger partial charge in [-0.1, -0.05) is 109 Å². The van der Waals surface area contributed by atoms with Gasteiger partial charge in [-0.2, -0.15) is 0 Å². The minimum atomic E-state index is -0.711. The molecule has 0 amide bonds. The van der Waals surface area contributed by atoms with Crippen molar-refractivity contribution in [1.29, 1.82) is 0 Å². The third-order valence-electron chi connectivity index (χ3n) is 7.47. The zero-order valence-electron chi connectivity index (χ0n) is 34.6. The second kappa shape index (κ2) is 9.97. The summed E-state index contributed by atoms with van der Waals surface area (Å²) < 4.78 is 109. The van der Waals surface area contributed by atoms with Crippen LogP contribution in [0.3, 0.4) is 0 Å². The minimum Gasteiger partial charge on any atom is -0.309 e. The molecule has 0 aliphatic carbocycles. The van der Waals surface area contributed by atoms with Gasteiger partial charge in [0.1, 0.15) is 0 Å². The molecular weight excluding hydrogens is 557 g/mol. The lowest BCUT2D eigenvalue weighted by Gasteiger charge is -2.11. The van der Waals surface area contributed by atoms with Crippen LogP contribution in [-0.2, 0) is 0 Å². The molecule has 9 aromatic rings. The van der Waals surface area contributed by atoms with Crippen LogP contribution < -0.4 is 0 Å². The van der Waals surface area contributed by atoms with Crippen molar-refractivity contribution >= 4 is 53.3 Å². The van der Waals surface area contributed by atoms with Gasteiger partial charge in [-0.05, 0) is 36.3 Å². The summed E-state index contributed by atoms with van der Waals surface area (Å²) >= 11 is 1.55. The molecule has 3 aromatic heterocycles. The molecule has 6 aromatic carbocycles. The Morgan fingerprint density at radius 1 is 0.523 bits per heavy atom. The molecule has 0 unspecified atom stereocenters. The first-order valence-corrected chi connectivity index (χ1v) is 14.5. The summed E-state index contributed by atoms with van der Waals surface area (Å²) in [6, 6.07) is 15.0. The number of nitrogens with zero attached hydrogens (tertiary/aromatic N) is 4. The zero-order chi connectivity index (χ0) is 39.5. The van der Waals surface area contributed by atoms with Gasteiger partial charge >= 0.3 is 0 Å². The van der Waals surface area contributed by atoms with Gasteiger partial charge in [0.05, 0.1) is 27.5 Å². The van der Waals surface area contributed by atoms with Gasteiger partial charge in [-0.3, -0.25) is 0 Å². The molecule has 0 atom stereocenters. The molecule has 0 radical (unpaired) electrons. The van der Waals surface area contributed by atoms with Crippen LogP contribution in [0.1, 0.15) is 16.4 Å². The van der Waals surface area contributed by atoms with Crippen molar-refractivity contribution in [3.8, 4) is 39.9 Å². The van der Waals surface area contributed by atoms with Crippen molar-refractivity contribution < 1.29 is 16.4 Å². The second-order valence-corrected chi connectivity index (χ2v) is 11.0. The van der Waals surface area contributed by atoms with Crippen LogP contribution in [0, 0.1) is 0 Å². The van der Waals surface area contributed by atoms with Gasteiger partial charge in [0.25, 0.3) is 0 Å². The van der Waals surface area contributed by atoms with Crippen LogP contribution in [0.4, 0.5) is 0 Å². The van der Waals surface area contributed by atoms with E-state index in [0.29, 0.717) is 11.1 Å². The van der Waals surface area contributed by atoms with Gasteiger partial charge in [0.2, 0.25) is 0 Å². The standard InChI is InChI=1S/C39H24N4S/c1-3-13-25(14-4-1)37-40-38(42-39(41-37)31-21-11-19-28-27-17-8-10-24-34(27)44-36(28)31)30-20-12-23-33-35(30)29-18-7-9-22-32(29)43(33)26-15-5-2-6-16-26/h1-24H/i2D,5D,6D,7D,9D,12D,15D,16D,18D,20D,22D,23D. The molecule has 0 N–H and O–H groups in total. The van der Waals surface area contributed by atoms with Gasteiger partial charge in [-0.25, -0.2) is 15.0 Å². The van der Waals surface area contributed by atoms with E-state index in [1.54, 1.807) is 35.6 Å². The molecule has 44 heavy (non-hydrogen) atoms. The Morgan fingerprint density at radius 2 is 1.23 bits per heavy atom. The lowest BCUT2D eigenvalue weighted by Crippen LogP contribution is -2.00. The highest BCUT2D eigenvalue weighted by atomic mass is 32.1. The number of rotatable bonds is 4. The largest absolute Gasteiger partial charge is 0.309 e. The Bertz CT molecular complexity index is 3150. The van der Waals surface area contributed by atoms with E-state index in [9.17, 15) is 2.74 Å². The molecule has 206 valence electrons. The Hall–Kier alpha value is -5.65. The molecular formula is C39H24N4S. The third-order valence-corrected chi connectivity index (χ3v) is 8.69. The number of hydrogen-bond acceptors (Lipinski definition) is 4. The lowest BCUT2D eigenvalue weighted by molar-refractivity contribution is 1.08. The number of thiophene rings is 1. The SMILES string of the molecule is [2H]c1c([2H])c([2H])c(-n2c3c([2H])c([2H])c([2H])c([2H])c3c3c(-c4nc(-c5ccccc5)nc(-c5cccc6c5sc5ccccc56)n4)c([2H])c([2H])c([2H])c32)c([2H])c1[2H]. The van der Waals surface area contributed by atoms with Gasteiger partial charge in [-0.15, -0.1) is 11.3 Å². The van der Waals surface area contributed by atoms with Crippen LogP contribution in [0.2, 0.25) is 0 Å². The summed E-state index contributed by atoms with van der Waals surface area (Å²) in [5.74, 6) is 0.285. The monoisotopic (exact) mass is 592 g/mol. The molecule has 0 bridgehead atoms. The number of benzene rings is 6. The first kappa shape index (κ1) is 15.7. The smallest absolute Gasteiger partial charge is 0.165 e. The van der Waals surface area contributed by atoms with Crippen LogP contribution in [-0.4, -0.2) is 19.5 Å². The topological polar surface area (TPSA) is 43.6 Å². The van der Waals surface area contributed by atoms with Crippen LogP contribution in [0.15, 0.2) is 145 Å². The molecule has 0 aliphatic heterocycles. The predicted molar refractivity (Wildman–Crippen MR) is 183 cm³/mol.